The summed E-state index contributed by atoms with van der Waals surface area (Å²) in [7, 11) is 1.66. The Labute approximate surface area is 505 Å². The second kappa shape index (κ2) is 30.4. The molecule has 0 aromatic heterocycles. The van der Waals surface area contributed by atoms with Crippen molar-refractivity contribution in [1.82, 2.24) is 0 Å². The third-order valence-corrected chi connectivity index (χ3v) is 15.9. The molecule has 11 nitrogen and oxygen atoms in total. The molecule has 9 aromatic rings. The molecule has 0 bridgehead atoms. The summed E-state index contributed by atoms with van der Waals surface area (Å²) in [5.41, 5.74) is 7.19. The average Bonchev–Trinajstić information content (AvgIpc) is 2.13. The molecule has 2 aliphatic rings. The van der Waals surface area contributed by atoms with Gasteiger partial charge in [-0.2, -0.15) is 0 Å². The summed E-state index contributed by atoms with van der Waals surface area (Å²) in [6, 6.07) is 88.2. The number of hydrogen-bond donors (Lipinski definition) is 0. The molecule has 440 valence electrons. The van der Waals surface area contributed by atoms with Gasteiger partial charge in [-0.3, -0.25) is 4.79 Å². The van der Waals surface area contributed by atoms with Crippen LogP contribution in [0.15, 0.2) is 267 Å². The Balaban J connectivity index is 1.00. The van der Waals surface area contributed by atoms with Crippen LogP contribution < -0.4 is 4.74 Å². The molecule has 0 N–H and O–H groups in total. The van der Waals surface area contributed by atoms with Crippen molar-refractivity contribution in [3.63, 3.8) is 0 Å². The molecule has 11 heteroatoms. The fraction of sp³-hybridized carbons (Fsp3) is 0.267. The van der Waals surface area contributed by atoms with E-state index in [4.69, 9.17) is 47.4 Å². The predicted octanol–water partition coefficient (Wildman–Crippen LogP) is 13.6. The van der Waals surface area contributed by atoms with Gasteiger partial charge in [-0.25, -0.2) is 0 Å². The summed E-state index contributed by atoms with van der Waals surface area (Å²) >= 11 is 0. The summed E-state index contributed by atoms with van der Waals surface area (Å²) in [6.07, 6.45) is -7.80. The molecule has 0 spiro atoms. The first kappa shape index (κ1) is 59.8. The Morgan fingerprint density at radius 1 is 0.349 bits per heavy atom. The Morgan fingerprint density at radius 2 is 0.698 bits per heavy atom. The quantitative estimate of drug-likeness (QED) is 0.0437. The molecule has 2 saturated heterocycles. The average molecular weight is 1150 g/mol. The molecule has 11 rings (SSSR count). The van der Waals surface area contributed by atoms with Crippen LogP contribution >= 0.6 is 0 Å². The maximum atomic E-state index is 16.0. The summed E-state index contributed by atoms with van der Waals surface area (Å²) in [6.45, 7) is 1.47. The van der Waals surface area contributed by atoms with E-state index < -0.39 is 60.5 Å². The van der Waals surface area contributed by atoms with Crippen LogP contribution in [0.2, 0.25) is 0 Å². The number of carbonyl (C=O) groups is 1. The SMILES string of the molecule is COc1ccc(C(OC[C@H]2O[C@@H](C[C@@H]3O[C@H](COCc4ccccc4)[C@@H](OCc4ccccc4)[C@H](OCc4ccccc4)[C@H]3OCc3ccccc3)C(=O)[C@@H](OCc3ccccc3)[C@@H]2OCc2ccccc2)(c2ccccc2)c2ccccc2)cc1. The van der Waals surface area contributed by atoms with Gasteiger partial charge in [0.2, 0.25) is 0 Å². The minimum absolute atomic E-state index is 0.0399. The molecule has 0 unspecified atom stereocenters. The Bertz CT molecular complexity index is 3340. The van der Waals surface area contributed by atoms with Gasteiger partial charge < -0.3 is 47.4 Å². The lowest BCUT2D eigenvalue weighted by atomic mass is 9.80. The zero-order valence-electron chi connectivity index (χ0n) is 48.5. The van der Waals surface area contributed by atoms with Gasteiger partial charge in [-0.15, -0.1) is 0 Å². The second-order valence-electron chi connectivity index (χ2n) is 21.7. The number of ketones is 1. The monoisotopic (exact) mass is 1150 g/mol. The van der Waals surface area contributed by atoms with E-state index in [1.807, 2.05) is 243 Å². The first-order valence-corrected chi connectivity index (χ1v) is 29.6. The smallest absolute Gasteiger partial charge is 0.193 e. The van der Waals surface area contributed by atoms with Crippen LogP contribution in [0.5, 0.6) is 5.75 Å². The Kier molecular flexibility index (Phi) is 21.2. The zero-order chi connectivity index (χ0) is 58.6. The van der Waals surface area contributed by atoms with Crippen molar-refractivity contribution < 1.29 is 52.2 Å². The van der Waals surface area contributed by atoms with Crippen molar-refractivity contribution in [2.24, 2.45) is 0 Å². The van der Waals surface area contributed by atoms with Crippen molar-refractivity contribution in [3.8, 4) is 5.75 Å². The fourth-order valence-electron chi connectivity index (χ4n) is 11.5. The number of ether oxygens (including phenoxy) is 10. The third-order valence-electron chi connectivity index (χ3n) is 15.9. The first-order valence-electron chi connectivity index (χ1n) is 29.6. The highest BCUT2D eigenvalue weighted by atomic mass is 16.6. The van der Waals surface area contributed by atoms with Crippen molar-refractivity contribution in [2.75, 3.05) is 20.3 Å². The van der Waals surface area contributed by atoms with E-state index in [0.717, 1.165) is 50.1 Å². The largest absolute Gasteiger partial charge is 0.497 e. The third kappa shape index (κ3) is 15.4. The van der Waals surface area contributed by atoms with Crippen molar-refractivity contribution in [2.45, 2.75) is 107 Å². The maximum absolute atomic E-state index is 16.0. The molecule has 0 saturated carbocycles. The number of rotatable bonds is 28. The first-order chi connectivity index (χ1) is 42.5. The molecular weight excluding hydrogens is 1080 g/mol. The van der Waals surface area contributed by atoms with Crippen LogP contribution in [-0.2, 0) is 92.7 Å². The highest BCUT2D eigenvalue weighted by Crippen LogP contribution is 2.43. The normalized spacial score (nSPS) is 21.4. The molecular formula is C75H74O11. The van der Waals surface area contributed by atoms with Gasteiger partial charge in [-0.05, 0) is 62.2 Å². The number of hydrogen-bond acceptors (Lipinski definition) is 11. The molecule has 2 fully saturated rings. The minimum atomic E-state index is -1.19. The number of carbonyl (C=O) groups excluding carboxylic acids is 1. The van der Waals surface area contributed by atoms with Crippen LogP contribution in [0.3, 0.4) is 0 Å². The summed E-state index contributed by atoms with van der Waals surface area (Å²) in [5.74, 6) is 0.408. The summed E-state index contributed by atoms with van der Waals surface area (Å²) < 4.78 is 69.9. The van der Waals surface area contributed by atoms with E-state index in [9.17, 15) is 0 Å². The molecule has 0 radical (unpaired) electrons. The molecule has 0 aliphatic carbocycles. The van der Waals surface area contributed by atoms with Crippen LogP contribution in [0, 0.1) is 0 Å². The van der Waals surface area contributed by atoms with E-state index in [0.29, 0.717) is 12.4 Å². The highest BCUT2D eigenvalue weighted by Gasteiger charge is 2.53. The number of benzene rings is 9. The lowest BCUT2D eigenvalue weighted by Crippen LogP contribution is -2.64. The lowest BCUT2D eigenvalue weighted by molar-refractivity contribution is -0.280. The van der Waals surface area contributed by atoms with E-state index in [1.54, 1.807) is 7.11 Å². The molecule has 86 heavy (non-hydrogen) atoms. The lowest BCUT2D eigenvalue weighted by Gasteiger charge is -2.48. The topological polar surface area (TPSA) is 109 Å². The van der Waals surface area contributed by atoms with Crippen molar-refractivity contribution in [3.05, 3.63) is 317 Å². The van der Waals surface area contributed by atoms with Crippen LogP contribution in [0.25, 0.3) is 0 Å². The molecule has 2 heterocycles. The van der Waals surface area contributed by atoms with Gasteiger partial charge in [0.25, 0.3) is 0 Å². The van der Waals surface area contributed by atoms with E-state index in [-0.39, 0.29) is 58.5 Å². The summed E-state index contributed by atoms with van der Waals surface area (Å²) in [5, 5.41) is 0. The Morgan fingerprint density at radius 3 is 1.13 bits per heavy atom. The van der Waals surface area contributed by atoms with E-state index >= 15 is 4.79 Å². The summed E-state index contributed by atoms with van der Waals surface area (Å²) in [4.78, 5) is 16.0. The van der Waals surface area contributed by atoms with Gasteiger partial charge in [0, 0.05) is 6.42 Å². The van der Waals surface area contributed by atoms with Crippen molar-refractivity contribution >= 4 is 5.78 Å². The maximum Gasteiger partial charge on any atom is 0.193 e. The van der Waals surface area contributed by atoms with Crippen LogP contribution in [-0.4, -0.2) is 81.0 Å². The predicted molar refractivity (Wildman–Crippen MR) is 330 cm³/mol. The zero-order valence-corrected chi connectivity index (χ0v) is 48.5. The molecule has 9 atom stereocenters. The second-order valence-corrected chi connectivity index (χ2v) is 21.7. The number of methoxy groups -OCH3 is 1. The van der Waals surface area contributed by atoms with E-state index in [1.165, 1.54) is 0 Å². The molecule has 0 amide bonds. The van der Waals surface area contributed by atoms with Crippen LogP contribution in [0.4, 0.5) is 0 Å². The van der Waals surface area contributed by atoms with E-state index in [2.05, 4.69) is 24.3 Å². The van der Waals surface area contributed by atoms with Gasteiger partial charge in [-0.1, -0.05) is 255 Å². The number of Topliss-reactive ketones (excluding diaryl/α,β-unsaturated/α-hetero) is 1. The van der Waals surface area contributed by atoms with Gasteiger partial charge in [0.1, 0.15) is 60.2 Å². The molecule has 9 aromatic carbocycles. The van der Waals surface area contributed by atoms with Crippen molar-refractivity contribution in [1.29, 1.82) is 0 Å². The minimum Gasteiger partial charge on any atom is -0.497 e. The highest BCUT2D eigenvalue weighted by molar-refractivity contribution is 5.89. The molecule has 2 aliphatic heterocycles. The van der Waals surface area contributed by atoms with Gasteiger partial charge >= 0.3 is 0 Å². The fourth-order valence-corrected chi connectivity index (χ4v) is 11.5. The standard InChI is InChI=1S/C75H74O11/c1-77-64-44-42-63(43-45-64)75(61-38-22-8-23-39-61,62-40-24-9-25-41-62)84-54-68-71(80-49-57-30-14-4-15-31-57)73(82-51-59-34-18-6-19-35-59)69(76)65(85-68)46-66-70(79-48-56-28-12-3-13-29-56)74(83-52-60-36-20-7-21-37-60)72(81-50-58-32-16-5-17-33-58)67(86-66)53-78-47-55-26-10-2-11-27-55/h2-45,65-68,70-74H,46-54H2,1H3/t65-,66-,67+,68+,70-,71+,72+,73+,74+/m0/s1. The van der Waals surface area contributed by atoms with Gasteiger partial charge in [0.05, 0.1) is 66.1 Å². The van der Waals surface area contributed by atoms with Crippen LogP contribution in [0.1, 0.15) is 56.5 Å². The van der Waals surface area contributed by atoms with Gasteiger partial charge in [0.15, 0.2) is 5.78 Å². The Hall–Kier alpha value is -7.91.